The van der Waals surface area contributed by atoms with E-state index in [1.807, 2.05) is 0 Å². The molecule has 0 atom stereocenters. The molecule has 1 aromatic rings. The highest BCUT2D eigenvalue weighted by Gasteiger charge is 2.01. The number of hydrogen-bond acceptors (Lipinski definition) is 3. The summed E-state index contributed by atoms with van der Waals surface area (Å²) in [5.74, 6) is 0. The Morgan fingerprint density at radius 3 is 2.81 bits per heavy atom. The van der Waals surface area contributed by atoms with Gasteiger partial charge in [0.2, 0.25) is 0 Å². The van der Waals surface area contributed by atoms with E-state index in [1.54, 1.807) is 11.3 Å². The van der Waals surface area contributed by atoms with E-state index in [-0.39, 0.29) is 0 Å². The lowest BCUT2D eigenvalue weighted by Gasteiger charge is -2.20. The number of nitrogens with zero attached hydrogens (tertiary/aromatic N) is 1. The van der Waals surface area contributed by atoms with E-state index in [4.69, 9.17) is 0 Å². The summed E-state index contributed by atoms with van der Waals surface area (Å²) in [6, 6.07) is 2.87. The summed E-state index contributed by atoms with van der Waals surface area (Å²) in [6.07, 6.45) is 2.39. The molecule has 1 N–H and O–H groups in total. The first-order chi connectivity index (χ1) is 7.70. The van der Waals surface area contributed by atoms with Crippen LogP contribution in [-0.4, -0.2) is 37.6 Å². The van der Waals surface area contributed by atoms with Crippen molar-refractivity contribution in [3.8, 4) is 0 Å². The van der Waals surface area contributed by atoms with Gasteiger partial charge in [0.15, 0.2) is 0 Å². The molecular weight excluding hydrogens is 216 g/mol. The second kappa shape index (κ2) is 7.82. The van der Waals surface area contributed by atoms with Gasteiger partial charge in [-0.15, -0.1) is 0 Å². The Bertz CT molecular complexity index is 257. The zero-order valence-electron chi connectivity index (χ0n) is 10.7. The number of hydrogen-bond donors (Lipinski definition) is 1. The van der Waals surface area contributed by atoms with Crippen LogP contribution in [0, 0.1) is 0 Å². The predicted octanol–water partition coefficient (Wildman–Crippen LogP) is 2.61. The van der Waals surface area contributed by atoms with E-state index < -0.39 is 0 Å². The third-order valence-corrected chi connectivity index (χ3v) is 3.65. The molecular formula is C13H24N2S. The molecule has 16 heavy (non-hydrogen) atoms. The normalized spacial score (nSPS) is 11.6. The maximum Gasteiger partial charge on any atom is 0.00355 e. The van der Waals surface area contributed by atoms with Gasteiger partial charge in [0.05, 0.1) is 0 Å². The lowest BCUT2D eigenvalue weighted by atomic mass is 10.2. The summed E-state index contributed by atoms with van der Waals surface area (Å²) in [5.41, 5.74) is 1.46. The maximum atomic E-state index is 3.50. The van der Waals surface area contributed by atoms with Crippen molar-refractivity contribution < 1.29 is 0 Å². The van der Waals surface area contributed by atoms with Gasteiger partial charge in [-0.25, -0.2) is 0 Å². The van der Waals surface area contributed by atoms with E-state index in [0.717, 1.165) is 19.5 Å². The molecule has 2 nitrogen and oxygen atoms in total. The van der Waals surface area contributed by atoms with Gasteiger partial charge in [0.25, 0.3) is 0 Å². The summed E-state index contributed by atoms with van der Waals surface area (Å²) in [7, 11) is 2.19. The summed E-state index contributed by atoms with van der Waals surface area (Å²) in [4.78, 5) is 2.39. The molecule has 0 unspecified atom stereocenters. The number of rotatable bonds is 8. The second-order valence-electron chi connectivity index (χ2n) is 4.56. The van der Waals surface area contributed by atoms with Crippen molar-refractivity contribution in [2.45, 2.75) is 32.7 Å². The van der Waals surface area contributed by atoms with Crippen LogP contribution in [0.15, 0.2) is 16.8 Å². The van der Waals surface area contributed by atoms with Gasteiger partial charge >= 0.3 is 0 Å². The average molecular weight is 240 g/mol. The van der Waals surface area contributed by atoms with Crippen LogP contribution < -0.4 is 5.32 Å². The van der Waals surface area contributed by atoms with Gasteiger partial charge in [0, 0.05) is 6.04 Å². The lowest BCUT2D eigenvalue weighted by molar-refractivity contribution is 0.269. The van der Waals surface area contributed by atoms with Crippen molar-refractivity contribution in [1.82, 2.24) is 10.2 Å². The molecule has 0 aliphatic carbocycles. The zero-order chi connectivity index (χ0) is 11.8. The van der Waals surface area contributed by atoms with Crippen molar-refractivity contribution >= 4 is 11.3 Å². The quantitative estimate of drug-likeness (QED) is 0.703. The summed E-state index contributed by atoms with van der Waals surface area (Å²) in [5, 5.41) is 7.87. The van der Waals surface area contributed by atoms with E-state index in [2.05, 4.69) is 47.9 Å². The third-order valence-electron chi connectivity index (χ3n) is 2.92. The van der Waals surface area contributed by atoms with E-state index >= 15 is 0 Å². The van der Waals surface area contributed by atoms with Crippen molar-refractivity contribution in [2.75, 3.05) is 26.7 Å². The monoisotopic (exact) mass is 240 g/mol. The Balaban J connectivity index is 1.92. The first kappa shape index (κ1) is 13.7. The van der Waals surface area contributed by atoms with Crippen LogP contribution in [0.25, 0.3) is 0 Å². The van der Waals surface area contributed by atoms with Crippen LogP contribution in [-0.2, 0) is 6.42 Å². The Labute approximate surface area is 104 Å². The lowest BCUT2D eigenvalue weighted by Crippen LogP contribution is -2.30. The van der Waals surface area contributed by atoms with E-state index in [9.17, 15) is 0 Å². The minimum Gasteiger partial charge on any atom is -0.316 e. The van der Waals surface area contributed by atoms with Gasteiger partial charge in [-0.1, -0.05) is 0 Å². The largest absolute Gasteiger partial charge is 0.316 e. The van der Waals surface area contributed by atoms with Crippen LogP contribution in [0.2, 0.25) is 0 Å². The average Bonchev–Trinajstić information content (AvgIpc) is 2.75. The summed E-state index contributed by atoms with van der Waals surface area (Å²) < 4.78 is 0. The minimum atomic E-state index is 0.658. The fourth-order valence-electron chi connectivity index (χ4n) is 1.50. The van der Waals surface area contributed by atoms with Crippen LogP contribution in [0.4, 0.5) is 0 Å². The van der Waals surface area contributed by atoms with Gasteiger partial charge in [-0.2, -0.15) is 11.3 Å². The Morgan fingerprint density at radius 1 is 1.38 bits per heavy atom. The highest BCUT2D eigenvalue weighted by molar-refractivity contribution is 7.07. The zero-order valence-corrected chi connectivity index (χ0v) is 11.5. The molecule has 3 heteroatoms. The topological polar surface area (TPSA) is 15.3 Å². The van der Waals surface area contributed by atoms with Crippen molar-refractivity contribution in [3.05, 3.63) is 22.4 Å². The molecule has 0 spiro atoms. The molecule has 0 saturated carbocycles. The van der Waals surface area contributed by atoms with Crippen LogP contribution >= 0.6 is 11.3 Å². The van der Waals surface area contributed by atoms with Gasteiger partial charge < -0.3 is 10.2 Å². The molecule has 92 valence electrons. The van der Waals surface area contributed by atoms with E-state index in [1.165, 1.54) is 18.5 Å². The minimum absolute atomic E-state index is 0.658. The summed E-state index contributed by atoms with van der Waals surface area (Å²) in [6.45, 7) is 7.89. The molecule has 1 heterocycles. The Morgan fingerprint density at radius 2 is 2.19 bits per heavy atom. The van der Waals surface area contributed by atoms with Gasteiger partial charge in [0.1, 0.15) is 0 Å². The van der Waals surface area contributed by atoms with Crippen LogP contribution in [0.1, 0.15) is 25.8 Å². The molecule has 0 saturated heterocycles. The predicted molar refractivity (Wildman–Crippen MR) is 73.3 cm³/mol. The molecule has 0 amide bonds. The first-order valence-electron chi connectivity index (χ1n) is 6.12. The van der Waals surface area contributed by atoms with Crippen LogP contribution in [0.3, 0.4) is 0 Å². The SMILES string of the molecule is CC(C)N(C)CCCNCCc1ccsc1. The first-order valence-corrected chi connectivity index (χ1v) is 7.06. The highest BCUT2D eigenvalue weighted by Crippen LogP contribution is 2.05. The smallest absolute Gasteiger partial charge is 0.00355 e. The van der Waals surface area contributed by atoms with Crippen LogP contribution in [0.5, 0.6) is 0 Å². The molecule has 0 aliphatic heterocycles. The highest BCUT2D eigenvalue weighted by atomic mass is 32.1. The van der Waals surface area contributed by atoms with E-state index in [0.29, 0.717) is 6.04 Å². The van der Waals surface area contributed by atoms with Gasteiger partial charge in [-0.05, 0) is 75.8 Å². The van der Waals surface area contributed by atoms with Crippen molar-refractivity contribution in [1.29, 1.82) is 0 Å². The molecule has 0 bridgehead atoms. The standard InChI is InChI=1S/C13H24N2S/c1-12(2)15(3)9-4-7-14-8-5-13-6-10-16-11-13/h6,10-12,14H,4-5,7-9H2,1-3H3. The molecule has 0 aromatic carbocycles. The molecule has 0 aliphatic rings. The fraction of sp³-hybridized carbons (Fsp3) is 0.692. The molecule has 0 radical (unpaired) electrons. The van der Waals surface area contributed by atoms with Crippen molar-refractivity contribution in [2.24, 2.45) is 0 Å². The fourth-order valence-corrected chi connectivity index (χ4v) is 2.21. The third kappa shape index (κ3) is 5.64. The van der Waals surface area contributed by atoms with Crippen molar-refractivity contribution in [3.63, 3.8) is 0 Å². The second-order valence-corrected chi connectivity index (χ2v) is 5.34. The molecule has 1 rings (SSSR count). The molecule has 0 fully saturated rings. The maximum absolute atomic E-state index is 3.50. The molecule has 1 aromatic heterocycles. The Kier molecular flexibility index (Phi) is 6.69. The Hall–Kier alpha value is -0.380. The number of thiophene rings is 1. The summed E-state index contributed by atoms with van der Waals surface area (Å²) >= 11 is 1.78. The number of nitrogens with one attached hydrogen (secondary N) is 1. The van der Waals surface area contributed by atoms with Gasteiger partial charge in [-0.3, -0.25) is 0 Å².